The van der Waals surface area contributed by atoms with Crippen LogP contribution >= 0.6 is 11.6 Å². The first-order valence-corrected chi connectivity index (χ1v) is 10.9. The molecule has 9 heteroatoms. The average Bonchev–Trinajstić information content (AvgIpc) is 3.56. The highest BCUT2D eigenvalue weighted by atomic mass is 35.5. The summed E-state index contributed by atoms with van der Waals surface area (Å²) in [5.74, 6) is 2.80. The van der Waals surface area contributed by atoms with E-state index in [1.54, 1.807) is 13.3 Å². The van der Waals surface area contributed by atoms with Crippen LogP contribution in [0.5, 0.6) is 0 Å². The number of nitrogens with zero attached hydrogens (tertiary/aromatic N) is 4. The van der Waals surface area contributed by atoms with Gasteiger partial charge in [-0.1, -0.05) is 28.9 Å². The van der Waals surface area contributed by atoms with Crippen LogP contribution in [0.3, 0.4) is 0 Å². The van der Waals surface area contributed by atoms with Crippen LogP contribution in [0.2, 0.25) is 5.02 Å². The molecular weight excluding hydrogens is 416 g/mol. The van der Waals surface area contributed by atoms with Crippen molar-refractivity contribution in [1.29, 1.82) is 0 Å². The molecule has 2 aromatic heterocycles. The standard InChI is InChI=1S/C22H27ClN6O2/c1-24-22(26-15-18(19-8-5-13-30-19)29-11-2-3-12-29)25-10-9-20-27-21(28-31-20)16-6-4-7-17(23)14-16/h4-8,13-14,18H,2-3,9-12,15H2,1H3,(H2,24,25,26). The highest BCUT2D eigenvalue weighted by molar-refractivity contribution is 6.30. The van der Waals surface area contributed by atoms with Crippen molar-refractivity contribution in [2.45, 2.75) is 25.3 Å². The van der Waals surface area contributed by atoms with Crippen LogP contribution in [0.25, 0.3) is 11.4 Å². The minimum atomic E-state index is 0.187. The predicted molar refractivity (Wildman–Crippen MR) is 120 cm³/mol. The number of rotatable bonds is 8. The number of furan rings is 1. The van der Waals surface area contributed by atoms with Crippen molar-refractivity contribution in [3.63, 3.8) is 0 Å². The molecule has 31 heavy (non-hydrogen) atoms. The maximum Gasteiger partial charge on any atom is 0.228 e. The van der Waals surface area contributed by atoms with Crippen LogP contribution in [0, 0.1) is 0 Å². The van der Waals surface area contributed by atoms with Gasteiger partial charge in [0.05, 0.1) is 12.3 Å². The Morgan fingerprint density at radius 2 is 2.10 bits per heavy atom. The molecule has 0 saturated carbocycles. The number of aromatic nitrogens is 2. The molecule has 3 aromatic rings. The van der Waals surface area contributed by atoms with Crippen LogP contribution in [-0.4, -0.2) is 54.2 Å². The molecule has 8 nitrogen and oxygen atoms in total. The van der Waals surface area contributed by atoms with Crippen molar-refractivity contribution >= 4 is 17.6 Å². The van der Waals surface area contributed by atoms with Crippen LogP contribution in [0.15, 0.2) is 56.6 Å². The van der Waals surface area contributed by atoms with E-state index in [9.17, 15) is 0 Å². The SMILES string of the molecule is CN=C(NCCc1nc(-c2cccc(Cl)c2)no1)NCC(c1ccco1)N1CCCC1. The summed E-state index contributed by atoms with van der Waals surface area (Å²) in [6.45, 7) is 3.51. The van der Waals surface area contributed by atoms with Gasteiger partial charge < -0.3 is 19.6 Å². The van der Waals surface area contributed by atoms with Gasteiger partial charge in [0.25, 0.3) is 0 Å². The number of nitrogens with one attached hydrogen (secondary N) is 2. The topological polar surface area (TPSA) is 91.7 Å². The quantitative estimate of drug-likeness (QED) is 0.407. The fraction of sp³-hybridized carbons (Fsp3) is 0.409. The smallest absolute Gasteiger partial charge is 0.228 e. The van der Waals surface area contributed by atoms with Crippen molar-refractivity contribution in [3.8, 4) is 11.4 Å². The number of guanidine groups is 1. The van der Waals surface area contributed by atoms with E-state index in [-0.39, 0.29) is 6.04 Å². The minimum absolute atomic E-state index is 0.187. The first kappa shape index (κ1) is 21.4. The summed E-state index contributed by atoms with van der Waals surface area (Å²) < 4.78 is 11.0. The Bertz CT molecular complexity index is 982. The van der Waals surface area contributed by atoms with E-state index < -0.39 is 0 Å². The summed E-state index contributed by atoms with van der Waals surface area (Å²) in [5.41, 5.74) is 0.832. The van der Waals surface area contributed by atoms with Crippen molar-refractivity contribution in [1.82, 2.24) is 25.7 Å². The molecule has 1 atom stereocenters. The predicted octanol–water partition coefficient (Wildman–Crippen LogP) is 3.53. The van der Waals surface area contributed by atoms with E-state index in [2.05, 4.69) is 30.7 Å². The number of hydrogen-bond donors (Lipinski definition) is 2. The van der Waals surface area contributed by atoms with E-state index in [1.807, 2.05) is 36.4 Å². The van der Waals surface area contributed by atoms with Gasteiger partial charge in [0, 0.05) is 37.1 Å². The molecule has 1 aliphatic rings. The summed E-state index contributed by atoms with van der Waals surface area (Å²) >= 11 is 6.04. The maximum atomic E-state index is 6.04. The number of halogens is 1. The summed E-state index contributed by atoms with van der Waals surface area (Å²) in [5, 5.41) is 11.4. The van der Waals surface area contributed by atoms with E-state index in [0.29, 0.717) is 36.2 Å². The molecule has 1 unspecified atom stereocenters. The second kappa shape index (κ2) is 10.5. The normalized spacial score (nSPS) is 15.9. The molecule has 0 bridgehead atoms. The van der Waals surface area contributed by atoms with Gasteiger partial charge in [-0.05, 0) is 50.2 Å². The fourth-order valence-electron chi connectivity index (χ4n) is 3.75. The van der Waals surface area contributed by atoms with Crippen molar-refractivity contribution < 1.29 is 8.94 Å². The molecule has 0 spiro atoms. The van der Waals surface area contributed by atoms with Gasteiger partial charge in [-0.3, -0.25) is 9.89 Å². The van der Waals surface area contributed by atoms with Gasteiger partial charge in [0.1, 0.15) is 5.76 Å². The van der Waals surface area contributed by atoms with Crippen molar-refractivity contribution in [3.05, 3.63) is 59.3 Å². The van der Waals surface area contributed by atoms with Crippen LogP contribution < -0.4 is 10.6 Å². The fourth-order valence-corrected chi connectivity index (χ4v) is 3.94. The van der Waals surface area contributed by atoms with E-state index in [0.717, 1.165) is 30.4 Å². The van der Waals surface area contributed by atoms with Gasteiger partial charge in [-0.15, -0.1) is 0 Å². The zero-order chi connectivity index (χ0) is 21.5. The summed E-state index contributed by atoms with van der Waals surface area (Å²) in [6.07, 6.45) is 4.77. The second-order valence-corrected chi connectivity index (χ2v) is 7.86. The average molecular weight is 443 g/mol. The first-order valence-electron chi connectivity index (χ1n) is 10.5. The number of likely N-dealkylation sites (tertiary alicyclic amines) is 1. The highest BCUT2D eigenvalue weighted by Crippen LogP contribution is 2.25. The third-order valence-electron chi connectivity index (χ3n) is 5.32. The van der Waals surface area contributed by atoms with Gasteiger partial charge in [-0.25, -0.2) is 0 Å². The summed E-state index contributed by atoms with van der Waals surface area (Å²) in [4.78, 5) is 11.2. The molecule has 1 aliphatic heterocycles. The Morgan fingerprint density at radius 1 is 1.23 bits per heavy atom. The minimum Gasteiger partial charge on any atom is -0.468 e. The molecule has 4 rings (SSSR count). The van der Waals surface area contributed by atoms with Gasteiger partial charge >= 0.3 is 0 Å². The van der Waals surface area contributed by atoms with E-state index in [1.165, 1.54) is 12.8 Å². The molecule has 0 radical (unpaired) electrons. The number of aliphatic imine (C=N–C) groups is 1. The molecule has 1 fully saturated rings. The maximum absolute atomic E-state index is 6.04. The lowest BCUT2D eigenvalue weighted by Crippen LogP contribution is -2.43. The molecule has 0 amide bonds. The third kappa shape index (κ3) is 5.65. The molecule has 1 saturated heterocycles. The molecule has 3 heterocycles. The molecule has 164 valence electrons. The third-order valence-corrected chi connectivity index (χ3v) is 5.56. The second-order valence-electron chi connectivity index (χ2n) is 7.43. The monoisotopic (exact) mass is 442 g/mol. The molecule has 1 aromatic carbocycles. The summed E-state index contributed by atoms with van der Waals surface area (Å²) in [7, 11) is 1.76. The summed E-state index contributed by atoms with van der Waals surface area (Å²) in [6, 6.07) is 11.6. The van der Waals surface area contributed by atoms with Crippen LogP contribution in [0.1, 0.15) is 30.5 Å². The van der Waals surface area contributed by atoms with E-state index >= 15 is 0 Å². The van der Waals surface area contributed by atoms with Crippen LogP contribution in [0.4, 0.5) is 0 Å². The molecular formula is C22H27ClN6O2. The lowest BCUT2D eigenvalue weighted by Gasteiger charge is -2.26. The Kier molecular flexibility index (Phi) is 7.22. The van der Waals surface area contributed by atoms with Gasteiger partial charge in [0.15, 0.2) is 5.96 Å². The van der Waals surface area contributed by atoms with Crippen molar-refractivity contribution in [2.75, 3.05) is 33.2 Å². The highest BCUT2D eigenvalue weighted by Gasteiger charge is 2.25. The molecule has 0 aliphatic carbocycles. The van der Waals surface area contributed by atoms with Gasteiger partial charge in [0.2, 0.25) is 11.7 Å². The Hall–Kier alpha value is -2.84. The Morgan fingerprint density at radius 3 is 2.84 bits per heavy atom. The Labute approximate surface area is 186 Å². The first-order chi connectivity index (χ1) is 15.2. The van der Waals surface area contributed by atoms with Crippen LogP contribution in [-0.2, 0) is 6.42 Å². The van der Waals surface area contributed by atoms with Crippen molar-refractivity contribution in [2.24, 2.45) is 4.99 Å². The lowest BCUT2D eigenvalue weighted by atomic mass is 10.2. The largest absolute Gasteiger partial charge is 0.468 e. The number of benzene rings is 1. The number of hydrogen-bond acceptors (Lipinski definition) is 6. The lowest BCUT2D eigenvalue weighted by molar-refractivity contribution is 0.215. The molecule has 2 N–H and O–H groups in total. The van der Waals surface area contributed by atoms with E-state index in [4.69, 9.17) is 20.5 Å². The van der Waals surface area contributed by atoms with Gasteiger partial charge in [-0.2, -0.15) is 4.98 Å². The zero-order valence-corrected chi connectivity index (χ0v) is 18.3. The Balaban J connectivity index is 1.28. The zero-order valence-electron chi connectivity index (χ0n) is 17.6.